The van der Waals surface area contributed by atoms with Crippen molar-refractivity contribution in [2.24, 2.45) is 0 Å². The third-order valence-corrected chi connectivity index (χ3v) is 2.17. The zero-order valence-electron chi connectivity index (χ0n) is 11.5. The molecule has 0 heterocycles. The molecule has 5 heteroatoms. The van der Waals surface area contributed by atoms with Crippen LogP contribution in [0, 0.1) is 0 Å². The number of rotatable bonds is 12. The molecule has 0 spiro atoms. The van der Waals surface area contributed by atoms with E-state index in [0.717, 1.165) is 13.1 Å². The summed E-state index contributed by atoms with van der Waals surface area (Å²) in [6.45, 7) is 8.32. The molecule has 0 radical (unpaired) electrons. The molecule has 0 saturated carbocycles. The zero-order chi connectivity index (χ0) is 12.9. The van der Waals surface area contributed by atoms with Gasteiger partial charge in [-0.2, -0.15) is 0 Å². The van der Waals surface area contributed by atoms with Gasteiger partial charge >= 0.3 is 0 Å². The van der Waals surface area contributed by atoms with Gasteiger partial charge in [0.2, 0.25) is 0 Å². The Hall–Kier alpha value is -0.200. The number of ether oxygens (including phenoxy) is 4. The molecule has 0 aromatic rings. The summed E-state index contributed by atoms with van der Waals surface area (Å²) in [6, 6.07) is 0. The lowest BCUT2D eigenvalue weighted by molar-refractivity contribution is 0.00378. The van der Waals surface area contributed by atoms with Crippen molar-refractivity contribution in [2.75, 3.05) is 53.7 Å². The number of methoxy groups -OCH3 is 2. The van der Waals surface area contributed by atoms with Crippen molar-refractivity contribution in [1.29, 1.82) is 0 Å². The van der Waals surface area contributed by atoms with E-state index < -0.39 is 0 Å². The molecule has 2 unspecified atom stereocenters. The minimum Gasteiger partial charge on any atom is -0.382 e. The van der Waals surface area contributed by atoms with E-state index in [0.29, 0.717) is 26.4 Å². The molecule has 0 amide bonds. The van der Waals surface area contributed by atoms with Gasteiger partial charge in [0, 0.05) is 27.3 Å². The molecule has 0 fully saturated rings. The van der Waals surface area contributed by atoms with Crippen molar-refractivity contribution in [2.45, 2.75) is 26.1 Å². The molecule has 0 aliphatic rings. The van der Waals surface area contributed by atoms with E-state index in [4.69, 9.17) is 18.9 Å². The highest BCUT2D eigenvalue weighted by atomic mass is 16.5. The average Bonchev–Trinajstić information content (AvgIpc) is 2.28. The Morgan fingerprint density at radius 1 is 0.824 bits per heavy atom. The van der Waals surface area contributed by atoms with Crippen LogP contribution >= 0.6 is 0 Å². The Bertz CT molecular complexity index is 141. The van der Waals surface area contributed by atoms with Gasteiger partial charge in [0.1, 0.15) is 0 Å². The highest BCUT2D eigenvalue weighted by molar-refractivity contribution is 4.51. The second-order valence-electron chi connectivity index (χ2n) is 4.02. The molecule has 2 atom stereocenters. The summed E-state index contributed by atoms with van der Waals surface area (Å²) < 4.78 is 20.9. The number of hydrogen-bond donors (Lipinski definition) is 1. The third kappa shape index (κ3) is 12.1. The summed E-state index contributed by atoms with van der Waals surface area (Å²) in [6.07, 6.45) is 0.305. The maximum atomic E-state index is 5.50. The molecular weight excluding hydrogens is 222 g/mol. The molecule has 0 aliphatic carbocycles. The fourth-order valence-electron chi connectivity index (χ4n) is 1.36. The summed E-state index contributed by atoms with van der Waals surface area (Å²) >= 11 is 0. The second-order valence-corrected chi connectivity index (χ2v) is 4.02. The third-order valence-electron chi connectivity index (χ3n) is 2.17. The van der Waals surface area contributed by atoms with Crippen LogP contribution in [-0.4, -0.2) is 65.9 Å². The fourth-order valence-corrected chi connectivity index (χ4v) is 1.36. The van der Waals surface area contributed by atoms with E-state index in [2.05, 4.69) is 5.32 Å². The minimum atomic E-state index is 0.153. The normalized spacial score (nSPS) is 14.8. The van der Waals surface area contributed by atoms with Crippen LogP contribution in [0.3, 0.4) is 0 Å². The van der Waals surface area contributed by atoms with Crippen molar-refractivity contribution >= 4 is 0 Å². The second kappa shape index (κ2) is 12.3. The lowest BCUT2D eigenvalue weighted by Gasteiger charge is -2.13. The molecule has 0 aromatic heterocycles. The topological polar surface area (TPSA) is 49.0 Å². The van der Waals surface area contributed by atoms with Crippen LogP contribution in [0.5, 0.6) is 0 Å². The first-order chi connectivity index (χ1) is 8.20. The van der Waals surface area contributed by atoms with E-state index in [1.54, 1.807) is 14.2 Å². The van der Waals surface area contributed by atoms with Gasteiger partial charge in [0.05, 0.1) is 38.6 Å². The number of nitrogens with one attached hydrogen (secondary N) is 1. The quantitative estimate of drug-likeness (QED) is 0.515. The first kappa shape index (κ1) is 16.8. The molecule has 1 N–H and O–H groups in total. The summed E-state index contributed by atoms with van der Waals surface area (Å²) in [5.41, 5.74) is 0. The van der Waals surface area contributed by atoms with Crippen LogP contribution < -0.4 is 5.32 Å². The van der Waals surface area contributed by atoms with Gasteiger partial charge in [-0.05, 0) is 13.8 Å². The van der Waals surface area contributed by atoms with Crippen molar-refractivity contribution in [1.82, 2.24) is 5.32 Å². The van der Waals surface area contributed by atoms with Crippen LogP contribution in [0.25, 0.3) is 0 Å². The van der Waals surface area contributed by atoms with E-state index in [-0.39, 0.29) is 12.2 Å². The zero-order valence-corrected chi connectivity index (χ0v) is 11.5. The van der Waals surface area contributed by atoms with Gasteiger partial charge in [0.15, 0.2) is 0 Å². The van der Waals surface area contributed by atoms with Gasteiger partial charge in [-0.3, -0.25) is 0 Å². The molecule has 104 valence electrons. The fraction of sp³-hybridized carbons (Fsp3) is 1.00. The molecule has 0 saturated heterocycles. The predicted octanol–water partition coefficient (Wildman–Crippen LogP) is 0.679. The SMILES string of the molecule is COCC(C)OCCNCCOC(C)COC. The highest BCUT2D eigenvalue weighted by Gasteiger charge is 2.01. The van der Waals surface area contributed by atoms with Gasteiger partial charge in [0.25, 0.3) is 0 Å². The first-order valence-electron chi connectivity index (χ1n) is 6.12. The Morgan fingerprint density at radius 2 is 1.24 bits per heavy atom. The molecule has 0 bridgehead atoms. The van der Waals surface area contributed by atoms with Crippen LogP contribution in [0.15, 0.2) is 0 Å². The Kier molecular flexibility index (Phi) is 12.1. The van der Waals surface area contributed by atoms with Crippen molar-refractivity contribution in [3.05, 3.63) is 0 Å². The van der Waals surface area contributed by atoms with Crippen molar-refractivity contribution in [3.63, 3.8) is 0 Å². The largest absolute Gasteiger partial charge is 0.382 e. The maximum Gasteiger partial charge on any atom is 0.0780 e. The van der Waals surface area contributed by atoms with Crippen LogP contribution in [0.4, 0.5) is 0 Å². The first-order valence-corrected chi connectivity index (χ1v) is 6.12. The Morgan fingerprint density at radius 3 is 1.59 bits per heavy atom. The maximum absolute atomic E-state index is 5.50. The summed E-state index contributed by atoms with van der Waals surface area (Å²) in [4.78, 5) is 0. The molecular formula is C12H27NO4. The van der Waals surface area contributed by atoms with E-state index in [1.807, 2.05) is 13.8 Å². The summed E-state index contributed by atoms with van der Waals surface area (Å²) in [7, 11) is 3.35. The van der Waals surface area contributed by atoms with Crippen molar-refractivity contribution < 1.29 is 18.9 Å². The average molecular weight is 249 g/mol. The Balaban J connectivity index is 3.13. The lowest BCUT2D eigenvalue weighted by atomic mass is 10.4. The smallest absolute Gasteiger partial charge is 0.0780 e. The lowest BCUT2D eigenvalue weighted by Crippen LogP contribution is -2.28. The minimum absolute atomic E-state index is 0.153. The summed E-state index contributed by atoms with van der Waals surface area (Å²) in [5.74, 6) is 0. The molecule has 0 rings (SSSR count). The van der Waals surface area contributed by atoms with Gasteiger partial charge < -0.3 is 24.3 Å². The van der Waals surface area contributed by atoms with Gasteiger partial charge in [-0.15, -0.1) is 0 Å². The molecule has 5 nitrogen and oxygen atoms in total. The van der Waals surface area contributed by atoms with E-state index >= 15 is 0 Å². The predicted molar refractivity (Wildman–Crippen MR) is 67.4 cm³/mol. The van der Waals surface area contributed by atoms with Crippen LogP contribution in [0.1, 0.15) is 13.8 Å². The molecule has 17 heavy (non-hydrogen) atoms. The standard InChI is InChI=1S/C12H27NO4/c1-11(9-14-3)16-7-5-13-6-8-17-12(2)10-15-4/h11-13H,5-10H2,1-4H3. The number of hydrogen-bond acceptors (Lipinski definition) is 5. The van der Waals surface area contributed by atoms with Crippen molar-refractivity contribution in [3.8, 4) is 0 Å². The van der Waals surface area contributed by atoms with Crippen LogP contribution in [-0.2, 0) is 18.9 Å². The summed E-state index contributed by atoms with van der Waals surface area (Å²) in [5, 5.41) is 3.25. The van der Waals surface area contributed by atoms with Gasteiger partial charge in [-0.25, -0.2) is 0 Å². The van der Waals surface area contributed by atoms with Gasteiger partial charge in [-0.1, -0.05) is 0 Å². The highest BCUT2D eigenvalue weighted by Crippen LogP contribution is 1.90. The molecule has 0 aromatic carbocycles. The molecule has 0 aliphatic heterocycles. The Labute approximate surface area is 105 Å². The monoisotopic (exact) mass is 249 g/mol. The van der Waals surface area contributed by atoms with E-state index in [1.165, 1.54) is 0 Å². The van der Waals surface area contributed by atoms with Crippen LogP contribution in [0.2, 0.25) is 0 Å². The van der Waals surface area contributed by atoms with E-state index in [9.17, 15) is 0 Å².